The normalized spacial score (nSPS) is 19.6. The Hall–Kier alpha value is -1.63. The highest BCUT2D eigenvalue weighted by atomic mass is 16.5. The van der Waals surface area contributed by atoms with Gasteiger partial charge in [-0.25, -0.2) is 0 Å². The third kappa shape index (κ3) is 3.93. The monoisotopic (exact) mass is 279 g/mol. The van der Waals surface area contributed by atoms with Gasteiger partial charge in [0, 0.05) is 30.9 Å². The molecule has 0 aliphatic carbocycles. The second-order valence-corrected chi connectivity index (χ2v) is 4.72. The molecule has 6 nitrogen and oxygen atoms in total. The van der Waals surface area contributed by atoms with E-state index in [4.69, 9.17) is 15.2 Å². The van der Waals surface area contributed by atoms with Crippen molar-refractivity contribution in [3.63, 3.8) is 0 Å². The van der Waals surface area contributed by atoms with Crippen molar-refractivity contribution in [1.82, 2.24) is 4.90 Å². The third-order valence-electron chi connectivity index (χ3n) is 3.32. The topological polar surface area (TPSA) is 76.8 Å². The van der Waals surface area contributed by atoms with Crippen LogP contribution in [0.4, 0.5) is 5.69 Å². The number of amides is 1. The van der Waals surface area contributed by atoms with Crippen LogP contribution in [0.15, 0.2) is 24.3 Å². The van der Waals surface area contributed by atoms with Crippen LogP contribution in [0.25, 0.3) is 0 Å². The van der Waals surface area contributed by atoms with Gasteiger partial charge in [-0.1, -0.05) is 6.07 Å². The zero-order valence-electron chi connectivity index (χ0n) is 11.7. The first-order valence-electron chi connectivity index (χ1n) is 6.68. The van der Waals surface area contributed by atoms with E-state index in [2.05, 4.69) is 10.2 Å². The molecule has 3 N–H and O–H groups in total. The second-order valence-electron chi connectivity index (χ2n) is 4.72. The molecule has 0 spiro atoms. The van der Waals surface area contributed by atoms with Crippen LogP contribution in [-0.2, 0) is 9.53 Å². The summed E-state index contributed by atoms with van der Waals surface area (Å²) >= 11 is 0. The van der Waals surface area contributed by atoms with Crippen LogP contribution >= 0.6 is 0 Å². The summed E-state index contributed by atoms with van der Waals surface area (Å²) in [4.78, 5) is 14.1. The van der Waals surface area contributed by atoms with Crippen molar-refractivity contribution >= 4 is 11.6 Å². The van der Waals surface area contributed by atoms with Gasteiger partial charge in [-0.05, 0) is 12.1 Å². The molecule has 0 bridgehead atoms. The molecule has 1 aliphatic heterocycles. The van der Waals surface area contributed by atoms with Gasteiger partial charge in [0.2, 0.25) is 5.91 Å². The maximum atomic E-state index is 12.1. The van der Waals surface area contributed by atoms with Crippen molar-refractivity contribution < 1.29 is 14.3 Å². The van der Waals surface area contributed by atoms with Gasteiger partial charge in [-0.2, -0.15) is 0 Å². The summed E-state index contributed by atoms with van der Waals surface area (Å²) in [6, 6.07) is 7.41. The number of benzene rings is 1. The molecule has 0 saturated carbocycles. The van der Waals surface area contributed by atoms with E-state index in [1.54, 1.807) is 13.2 Å². The summed E-state index contributed by atoms with van der Waals surface area (Å²) in [6.07, 6.45) is 0. The van der Waals surface area contributed by atoms with E-state index >= 15 is 0 Å². The van der Waals surface area contributed by atoms with Crippen LogP contribution in [-0.4, -0.2) is 56.8 Å². The molecule has 1 atom stereocenters. The lowest BCUT2D eigenvalue weighted by atomic mass is 10.2. The van der Waals surface area contributed by atoms with Crippen LogP contribution in [0, 0.1) is 0 Å². The zero-order chi connectivity index (χ0) is 14.4. The fourth-order valence-corrected chi connectivity index (χ4v) is 2.20. The summed E-state index contributed by atoms with van der Waals surface area (Å²) < 4.78 is 10.5. The van der Waals surface area contributed by atoms with E-state index in [9.17, 15) is 4.79 Å². The van der Waals surface area contributed by atoms with E-state index in [-0.39, 0.29) is 11.9 Å². The van der Waals surface area contributed by atoms with Gasteiger partial charge >= 0.3 is 0 Å². The van der Waals surface area contributed by atoms with Crippen LogP contribution in [0.1, 0.15) is 0 Å². The Balaban J connectivity index is 1.90. The van der Waals surface area contributed by atoms with Crippen molar-refractivity contribution in [2.75, 3.05) is 45.3 Å². The van der Waals surface area contributed by atoms with Gasteiger partial charge in [-0.15, -0.1) is 0 Å². The highest BCUT2D eigenvalue weighted by Crippen LogP contribution is 2.16. The number of morpholine rings is 1. The number of methoxy groups -OCH3 is 1. The Morgan fingerprint density at radius 2 is 2.45 bits per heavy atom. The number of nitrogens with one attached hydrogen (secondary N) is 1. The Labute approximate surface area is 118 Å². The zero-order valence-corrected chi connectivity index (χ0v) is 11.7. The van der Waals surface area contributed by atoms with E-state index in [1.165, 1.54) is 0 Å². The molecule has 1 unspecified atom stereocenters. The summed E-state index contributed by atoms with van der Waals surface area (Å²) in [5, 5.41) is 2.87. The van der Waals surface area contributed by atoms with E-state index in [0.717, 1.165) is 12.2 Å². The molecule has 1 amide bonds. The number of nitrogens with zero attached hydrogens (tertiary/aromatic N) is 1. The SMILES string of the molecule is COc1cccc(NC(=O)CN2CCOCC2CN)c1. The van der Waals surface area contributed by atoms with Crippen LogP contribution in [0.5, 0.6) is 5.75 Å². The standard InChI is InChI=1S/C14H21N3O3/c1-19-13-4-2-3-11(7-13)16-14(18)9-17-5-6-20-10-12(17)8-15/h2-4,7,12H,5-6,8-10,15H2,1H3,(H,16,18). The van der Waals surface area contributed by atoms with Gasteiger partial charge < -0.3 is 20.5 Å². The first-order valence-corrected chi connectivity index (χ1v) is 6.68. The first-order chi connectivity index (χ1) is 9.72. The van der Waals surface area contributed by atoms with Crippen LogP contribution in [0.3, 0.4) is 0 Å². The molecule has 0 aromatic heterocycles. The Kier molecular flexibility index (Phi) is 5.34. The number of carbonyl (C=O) groups excluding carboxylic acids is 1. The molecule has 6 heteroatoms. The molecule has 1 aromatic carbocycles. The van der Waals surface area contributed by atoms with Crippen molar-refractivity contribution in [3.8, 4) is 5.75 Å². The molecule has 2 rings (SSSR count). The minimum Gasteiger partial charge on any atom is -0.497 e. The average Bonchev–Trinajstić information content (AvgIpc) is 2.48. The highest BCUT2D eigenvalue weighted by Gasteiger charge is 2.23. The number of rotatable bonds is 5. The molecular formula is C14H21N3O3. The van der Waals surface area contributed by atoms with Crippen LogP contribution in [0.2, 0.25) is 0 Å². The summed E-state index contributed by atoms with van der Waals surface area (Å²) in [5.74, 6) is 0.660. The molecular weight excluding hydrogens is 258 g/mol. The van der Waals surface area contributed by atoms with E-state index < -0.39 is 0 Å². The lowest BCUT2D eigenvalue weighted by Gasteiger charge is -2.34. The first kappa shape index (κ1) is 14.8. The Bertz CT molecular complexity index is 453. The molecule has 20 heavy (non-hydrogen) atoms. The smallest absolute Gasteiger partial charge is 0.238 e. The predicted octanol–water partition coefficient (Wildman–Crippen LogP) is 0.293. The fourth-order valence-electron chi connectivity index (χ4n) is 2.20. The number of carbonyl (C=O) groups is 1. The quantitative estimate of drug-likeness (QED) is 0.810. The maximum absolute atomic E-state index is 12.1. The number of nitrogens with two attached hydrogens (primary N) is 1. The Morgan fingerprint density at radius 1 is 1.60 bits per heavy atom. The minimum absolute atomic E-state index is 0.0568. The maximum Gasteiger partial charge on any atom is 0.238 e. The summed E-state index contributed by atoms with van der Waals surface area (Å²) in [7, 11) is 1.60. The predicted molar refractivity (Wildman–Crippen MR) is 76.9 cm³/mol. The molecule has 1 fully saturated rings. The number of hydrogen-bond donors (Lipinski definition) is 2. The minimum atomic E-state index is -0.0568. The highest BCUT2D eigenvalue weighted by molar-refractivity contribution is 5.92. The van der Waals surface area contributed by atoms with Crippen molar-refractivity contribution in [3.05, 3.63) is 24.3 Å². The summed E-state index contributed by atoms with van der Waals surface area (Å²) in [6.45, 7) is 2.77. The van der Waals surface area contributed by atoms with Gasteiger partial charge in [0.25, 0.3) is 0 Å². The van der Waals surface area contributed by atoms with Gasteiger partial charge in [0.15, 0.2) is 0 Å². The lowest BCUT2D eigenvalue weighted by Crippen LogP contribution is -2.51. The molecule has 0 radical (unpaired) electrons. The molecule has 1 aromatic rings. The van der Waals surface area contributed by atoms with Crippen molar-refractivity contribution in [1.29, 1.82) is 0 Å². The van der Waals surface area contributed by atoms with E-state index in [0.29, 0.717) is 32.1 Å². The molecule has 1 saturated heterocycles. The lowest BCUT2D eigenvalue weighted by molar-refractivity contribution is -0.119. The summed E-state index contributed by atoms with van der Waals surface area (Å²) in [5.41, 5.74) is 6.42. The third-order valence-corrected chi connectivity index (χ3v) is 3.32. The number of ether oxygens (including phenoxy) is 2. The Morgan fingerprint density at radius 3 is 3.20 bits per heavy atom. The number of hydrogen-bond acceptors (Lipinski definition) is 5. The fraction of sp³-hybridized carbons (Fsp3) is 0.500. The van der Waals surface area contributed by atoms with Crippen molar-refractivity contribution in [2.24, 2.45) is 5.73 Å². The second kappa shape index (κ2) is 7.23. The van der Waals surface area contributed by atoms with Gasteiger partial charge in [0.1, 0.15) is 5.75 Å². The van der Waals surface area contributed by atoms with Crippen LogP contribution < -0.4 is 15.8 Å². The molecule has 1 aliphatic rings. The van der Waals surface area contributed by atoms with Gasteiger partial charge in [0.05, 0.1) is 26.9 Å². The largest absolute Gasteiger partial charge is 0.497 e. The molecule has 1 heterocycles. The molecule has 110 valence electrons. The van der Waals surface area contributed by atoms with E-state index in [1.807, 2.05) is 18.2 Å². The average molecular weight is 279 g/mol. The van der Waals surface area contributed by atoms with Crippen molar-refractivity contribution in [2.45, 2.75) is 6.04 Å². The van der Waals surface area contributed by atoms with Gasteiger partial charge in [-0.3, -0.25) is 9.69 Å². The number of anilines is 1.